The van der Waals surface area contributed by atoms with E-state index in [0.717, 1.165) is 103 Å². The summed E-state index contributed by atoms with van der Waals surface area (Å²) >= 11 is 14.4. The van der Waals surface area contributed by atoms with Crippen LogP contribution in [-0.4, -0.2) is 119 Å². The molecule has 4 aromatic carbocycles. The van der Waals surface area contributed by atoms with Crippen LogP contribution in [0.5, 0.6) is 0 Å². The fraction of sp³-hybridized carbons (Fsp3) is 0.455. The minimum Gasteiger partial charge on any atom is -0.481 e. The number of nitrogens with one attached hydrogen (secondary N) is 1. The second kappa shape index (κ2) is 32.5. The van der Waals surface area contributed by atoms with Gasteiger partial charge in [0, 0.05) is 71.1 Å². The highest BCUT2D eigenvalue weighted by atomic mass is 35.5. The smallest absolute Gasteiger partial charge is 0.410 e. The third-order valence-electron chi connectivity index (χ3n) is 14.6. The highest BCUT2D eigenvalue weighted by Crippen LogP contribution is 2.30. The third-order valence-corrected chi connectivity index (χ3v) is 16.8. The van der Waals surface area contributed by atoms with Crippen LogP contribution < -0.4 is 11.1 Å². The van der Waals surface area contributed by atoms with Crippen molar-refractivity contribution in [3.8, 4) is 22.3 Å². The molecule has 0 radical (unpaired) electrons. The van der Waals surface area contributed by atoms with E-state index in [4.69, 9.17) is 43.5 Å². The molecule has 456 valence electrons. The molecule has 8 rings (SSSR count). The summed E-state index contributed by atoms with van der Waals surface area (Å²) in [5.74, 6) is -0.783. The monoisotopic (exact) mass is 1230 g/mol. The van der Waals surface area contributed by atoms with Crippen LogP contribution in [0.3, 0.4) is 0 Å². The van der Waals surface area contributed by atoms with Gasteiger partial charge in [-0.2, -0.15) is 0 Å². The fourth-order valence-electron chi connectivity index (χ4n) is 9.90. The Bertz CT molecular complexity index is 3120. The number of carbonyl (C=O) groups excluding carboxylic acids is 3. The van der Waals surface area contributed by atoms with Crippen molar-refractivity contribution in [1.29, 1.82) is 0 Å². The molecule has 2 fully saturated rings. The summed E-state index contributed by atoms with van der Waals surface area (Å²) in [4.78, 5) is 70.3. The number of benzene rings is 4. The predicted octanol–water partition coefficient (Wildman–Crippen LogP) is 14.7. The van der Waals surface area contributed by atoms with Crippen molar-refractivity contribution in [2.75, 3.05) is 24.6 Å². The van der Waals surface area contributed by atoms with Gasteiger partial charge in [0.15, 0.2) is 10.3 Å². The number of ether oxygens (including phenoxy) is 2. The van der Waals surface area contributed by atoms with Crippen molar-refractivity contribution < 1.29 is 33.8 Å². The van der Waals surface area contributed by atoms with E-state index < -0.39 is 17.2 Å². The Morgan fingerprint density at radius 2 is 0.988 bits per heavy atom. The molecule has 0 aliphatic heterocycles. The van der Waals surface area contributed by atoms with E-state index >= 15 is 0 Å². The normalized spacial score (nSPS) is 16.5. The van der Waals surface area contributed by atoms with Crippen LogP contribution in [0.2, 0.25) is 10.0 Å². The maximum Gasteiger partial charge on any atom is 0.410 e. The first-order valence-electron chi connectivity index (χ1n) is 29.1. The average molecular weight is 1240 g/mol. The molecule has 4 N–H and O–H groups in total. The Labute approximate surface area is 521 Å². The number of amides is 3. The number of carboxylic acids is 1. The molecule has 0 bridgehead atoms. The van der Waals surface area contributed by atoms with Gasteiger partial charge in [-0.25, -0.2) is 29.5 Å². The van der Waals surface area contributed by atoms with Gasteiger partial charge in [0.25, 0.3) is 0 Å². The maximum atomic E-state index is 13.3. The lowest BCUT2D eigenvalue weighted by Gasteiger charge is -2.35. The van der Waals surface area contributed by atoms with Crippen LogP contribution in [-0.2, 0) is 31.9 Å². The highest BCUT2D eigenvalue weighted by molar-refractivity contribution is 8.00. The van der Waals surface area contributed by atoms with Crippen molar-refractivity contribution in [2.45, 2.75) is 179 Å². The van der Waals surface area contributed by atoms with Crippen LogP contribution in [0.15, 0.2) is 120 Å². The lowest BCUT2D eigenvalue weighted by atomic mass is 10.0. The lowest BCUT2D eigenvalue weighted by Crippen LogP contribution is -2.52. The van der Waals surface area contributed by atoms with Gasteiger partial charge in [0.1, 0.15) is 11.2 Å². The van der Waals surface area contributed by atoms with E-state index in [1.807, 2.05) is 106 Å². The molecule has 0 saturated heterocycles. The quantitative estimate of drug-likeness (QED) is 0.0510. The Balaban J connectivity index is 0.000000226. The summed E-state index contributed by atoms with van der Waals surface area (Å²) in [6.45, 7) is 20.8. The third kappa shape index (κ3) is 22.8. The first kappa shape index (κ1) is 67.9. The van der Waals surface area contributed by atoms with Gasteiger partial charge >= 0.3 is 18.2 Å². The zero-order valence-corrected chi connectivity index (χ0v) is 54.0. The van der Waals surface area contributed by atoms with Crippen LogP contribution in [0.1, 0.15) is 126 Å². The minimum atomic E-state index is -0.869. The minimum absolute atomic E-state index is 0.0248. The summed E-state index contributed by atoms with van der Waals surface area (Å²) in [6.07, 6.45) is 15.4. The summed E-state index contributed by atoms with van der Waals surface area (Å²) in [5, 5.41) is 14.3. The SMILES string of the molecule is CC(C)(C)OC(=O)N(CCCc1ccc(Cl)cc1)[C@@H]1CCC[C@H]1N.Cc1ccc(-c2cnc(SCC(=O)N[C@@H]3CCC[C@H]3N(CCCc3ccc(Cl)cc3)C(=O)OC(C)(C)C)nc2)cc1C.Cc1ccc(-c2cnc(SCC(=O)O)nc2)cc1C. The first-order valence-corrected chi connectivity index (χ1v) is 31.8. The Morgan fingerprint density at radius 1 is 0.576 bits per heavy atom. The van der Waals surface area contributed by atoms with Gasteiger partial charge in [-0.1, -0.05) is 107 Å². The molecule has 15 nitrogen and oxygen atoms in total. The van der Waals surface area contributed by atoms with Crippen LogP contribution in [0.4, 0.5) is 9.59 Å². The van der Waals surface area contributed by atoms with Gasteiger partial charge in [-0.05, 0) is 202 Å². The Hall–Kier alpha value is -6.24. The summed E-state index contributed by atoms with van der Waals surface area (Å²) in [6, 6.07) is 28.0. The molecular weight excluding hydrogens is 1150 g/mol. The Morgan fingerprint density at radius 3 is 1.39 bits per heavy atom. The Kier molecular flexibility index (Phi) is 25.9. The number of aromatic nitrogens is 4. The second-order valence-electron chi connectivity index (χ2n) is 23.7. The number of hydrogen-bond acceptors (Lipinski definition) is 13. The van der Waals surface area contributed by atoms with E-state index in [1.54, 1.807) is 24.8 Å². The van der Waals surface area contributed by atoms with Gasteiger partial charge in [-0.3, -0.25) is 9.59 Å². The standard InChI is InChI=1S/C33H41ClN4O3S.C19H29ClN2O2.C14H14N2O2S/c1-22-11-14-25(18-23(22)2)26-19-35-31(36-20-26)42-21-30(39)37-28-9-6-10-29(28)38(32(40)41-33(3,4)5)17-7-8-24-12-15-27(34)16-13-24;1-19(2,3)24-18(23)22(17-8-4-7-16(17)21)13-5-6-14-9-11-15(20)12-10-14;1-9-3-4-11(5-10(9)2)12-6-15-14(16-7-12)19-8-13(17)18/h11-16,18-20,28-29H,6-10,17,21H2,1-5H3,(H,37,39);9-12,16-17H,4-8,13,21H2,1-3H3;3-7H,8H2,1-2H3,(H,17,18)/t28-,29-;16-,17-;/m11./s1. The van der Waals surface area contributed by atoms with E-state index in [2.05, 4.69) is 83.3 Å². The second-order valence-corrected chi connectivity index (χ2v) is 26.5. The molecule has 0 unspecified atom stereocenters. The number of hydrogen-bond donors (Lipinski definition) is 3. The number of nitrogens with zero attached hydrogens (tertiary/aromatic N) is 6. The van der Waals surface area contributed by atoms with E-state index in [-0.39, 0.29) is 53.8 Å². The highest BCUT2D eigenvalue weighted by Gasteiger charge is 2.38. The predicted molar refractivity (Wildman–Crippen MR) is 344 cm³/mol. The number of aryl methyl sites for hydroxylation is 6. The summed E-state index contributed by atoms with van der Waals surface area (Å²) in [7, 11) is 0. The van der Waals surface area contributed by atoms with Crippen molar-refractivity contribution in [3.63, 3.8) is 0 Å². The molecule has 2 aliphatic carbocycles. The summed E-state index contributed by atoms with van der Waals surface area (Å²) < 4.78 is 11.4. The fourth-order valence-corrected chi connectivity index (χ4v) is 11.3. The van der Waals surface area contributed by atoms with Crippen molar-refractivity contribution in [1.82, 2.24) is 35.1 Å². The topological polar surface area (TPSA) is 203 Å². The molecule has 3 amide bonds. The molecule has 6 aromatic rings. The molecular formula is C66H84Cl2N8O7S2. The van der Waals surface area contributed by atoms with Crippen LogP contribution in [0.25, 0.3) is 22.3 Å². The molecule has 4 atom stereocenters. The molecule has 0 spiro atoms. The van der Waals surface area contributed by atoms with Gasteiger partial charge < -0.3 is 35.4 Å². The first-order chi connectivity index (χ1) is 40.3. The summed E-state index contributed by atoms with van der Waals surface area (Å²) in [5.41, 5.74) is 16.5. The molecule has 19 heteroatoms. The number of halogens is 2. The van der Waals surface area contributed by atoms with E-state index in [0.29, 0.717) is 28.4 Å². The van der Waals surface area contributed by atoms with Crippen molar-refractivity contribution in [3.05, 3.63) is 153 Å². The number of aliphatic carboxylic acids is 1. The van der Waals surface area contributed by atoms with Crippen molar-refractivity contribution in [2.24, 2.45) is 5.73 Å². The number of nitrogens with two attached hydrogens (primary N) is 1. The van der Waals surface area contributed by atoms with Gasteiger partial charge in [-0.15, -0.1) is 0 Å². The van der Waals surface area contributed by atoms with Gasteiger partial charge in [0.2, 0.25) is 5.91 Å². The molecule has 2 aromatic heterocycles. The van der Waals surface area contributed by atoms with Crippen LogP contribution >= 0.6 is 46.7 Å². The molecule has 2 aliphatic rings. The molecule has 85 heavy (non-hydrogen) atoms. The number of carbonyl (C=O) groups is 4. The van der Waals surface area contributed by atoms with Crippen LogP contribution in [0, 0.1) is 27.7 Å². The maximum absolute atomic E-state index is 13.3. The number of rotatable bonds is 19. The van der Waals surface area contributed by atoms with E-state index in [1.165, 1.54) is 45.1 Å². The zero-order chi connectivity index (χ0) is 61.8. The number of thioether (sulfide) groups is 2. The molecule has 2 heterocycles. The largest absolute Gasteiger partial charge is 0.481 e. The molecule has 2 saturated carbocycles. The van der Waals surface area contributed by atoms with E-state index in [9.17, 15) is 19.2 Å². The average Bonchev–Trinajstić information content (AvgIpc) is 4.36. The number of carboxylic acid groups (broad SMARTS) is 1. The van der Waals surface area contributed by atoms with Crippen molar-refractivity contribution >= 4 is 70.8 Å². The lowest BCUT2D eigenvalue weighted by molar-refractivity contribution is -0.134. The zero-order valence-electron chi connectivity index (χ0n) is 50.8. The van der Waals surface area contributed by atoms with Gasteiger partial charge in [0.05, 0.1) is 23.6 Å².